The molecule has 0 aromatic carbocycles. The molecule has 0 fully saturated rings. The fourth-order valence-electron chi connectivity index (χ4n) is 0.927. The lowest BCUT2D eigenvalue weighted by atomic mass is 10.4. The average molecular weight is 180 g/mol. The molecule has 0 aliphatic carbocycles. The van der Waals surface area contributed by atoms with Gasteiger partial charge in [0.2, 0.25) is 4.77 Å². The molecular weight excluding hydrogens is 176 g/mol. The van der Waals surface area contributed by atoms with Gasteiger partial charge in [-0.25, -0.2) is 5.53 Å². The Bertz CT molecular complexity index is 482. The second-order valence-electron chi connectivity index (χ2n) is 2.14. The summed E-state index contributed by atoms with van der Waals surface area (Å²) in [5.74, 6) is 0.280. The van der Waals surface area contributed by atoms with Crippen molar-refractivity contribution in [2.24, 2.45) is 5.11 Å². The summed E-state index contributed by atoms with van der Waals surface area (Å²) >= 11 is 4.80. The molecule has 0 amide bonds. The van der Waals surface area contributed by atoms with Crippen LogP contribution in [0, 0.1) is 10.3 Å². The maximum Gasteiger partial charge on any atom is 0.200 e. The molecule has 60 valence electrons. The summed E-state index contributed by atoms with van der Waals surface area (Å²) in [6, 6.07) is 0. The third kappa shape index (κ3) is 0.909. The molecule has 0 saturated heterocycles. The van der Waals surface area contributed by atoms with Gasteiger partial charge in [0.05, 0.1) is 11.6 Å². The minimum absolute atomic E-state index is 0.280. The van der Waals surface area contributed by atoms with Gasteiger partial charge in [-0.1, -0.05) is 0 Å². The van der Waals surface area contributed by atoms with Crippen molar-refractivity contribution in [3.63, 3.8) is 0 Å². The Morgan fingerprint density at radius 3 is 3.17 bits per heavy atom. The van der Waals surface area contributed by atoms with Crippen LogP contribution in [0.2, 0.25) is 0 Å². The minimum atomic E-state index is 0.280. The smallest absolute Gasteiger partial charge is 0.200 e. The van der Waals surface area contributed by atoms with Crippen LogP contribution in [0.15, 0.2) is 11.3 Å². The van der Waals surface area contributed by atoms with E-state index in [4.69, 9.17) is 17.7 Å². The van der Waals surface area contributed by atoms with E-state index >= 15 is 0 Å². The van der Waals surface area contributed by atoms with Crippen molar-refractivity contribution in [1.82, 2.24) is 20.2 Å². The summed E-state index contributed by atoms with van der Waals surface area (Å²) in [5.41, 5.74) is 7.46. The zero-order chi connectivity index (χ0) is 8.55. The van der Waals surface area contributed by atoms with Crippen LogP contribution >= 0.6 is 12.2 Å². The van der Waals surface area contributed by atoms with Gasteiger partial charge in [-0.2, -0.15) is 10.1 Å². The molecular formula is C5H4N6S. The number of hydrogen-bond donors (Lipinski definition) is 3. The zero-order valence-electron chi connectivity index (χ0n) is 5.83. The van der Waals surface area contributed by atoms with Crippen molar-refractivity contribution in [2.75, 3.05) is 0 Å². The first-order chi connectivity index (χ1) is 5.81. The average Bonchev–Trinajstić information content (AvgIpc) is 2.50. The predicted molar refractivity (Wildman–Crippen MR) is 43.9 cm³/mol. The molecule has 2 rings (SSSR count). The first kappa shape index (κ1) is 7.04. The molecule has 0 spiro atoms. The Balaban J connectivity index is 2.98. The Morgan fingerprint density at radius 1 is 1.58 bits per heavy atom. The number of nitrogens with one attached hydrogen (secondary N) is 3. The van der Waals surface area contributed by atoms with E-state index in [9.17, 15) is 0 Å². The van der Waals surface area contributed by atoms with E-state index in [2.05, 4.69) is 25.3 Å². The SMILES string of the molecule is N=Nc1nc(=S)[nH]c2[nH]ncc12. The van der Waals surface area contributed by atoms with E-state index in [0.717, 1.165) is 0 Å². The summed E-state index contributed by atoms with van der Waals surface area (Å²) in [5, 5.41) is 10.3. The number of aromatic amines is 2. The number of aromatic nitrogens is 4. The third-order valence-electron chi connectivity index (χ3n) is 1.43. The zero-order valence-corrected chi connectivity index (χ0v) is 6.64. The molecule has 2 aromatic heterocycles. The summed E-state index contributed by atoms with van der Waals surface area (Å²) in [7, 11) is 0. The van der Waals surface area contributed by atoms with Crippen LogP contribution in [0.3, 0.4) is 0 Å². The van der Waals surface area contributed by atoms with Gasteiger partial charge in [-0.3, -0.25) is 5.10 Å². The maximum absolute atomic E-state index is 6.82. The Hall–Kier alpha value is -1.63. The highest BCUT2D eigenvalue weighted by molar-refractivity contribution is 7.71. The van der Waals surface area contributed by atoms with Crippen LogP contribution in [-0.2, 0) is 0 Å². The number of H-pyrrole nitrogens is 2. The minimum Gasteiger partial charge on any atom is -0.315 e. The Labute approximate surface area is 71.5 Å². The molecule has 12 heavy (non-hydrogen) atoms. The van der Waals surface area contributed by atoms with E-state index in [1.807, 2.05) is 0 Å². The lowest BCUT2D eigenvalue weighted by Gasteiger charge is -1.91. The number of nitrogens with zero attached hydrogens (tertiary/aromatic N) is 3. The molecule has 3 N–H and O–H groups in total. The van der Waals surface area contributed by atoms with E-state index in [1.165, 1.54) is 0 Å². The van der Waals surface area contributed by atoms with Crippen LogP contribution in [-0.4, -0.2) is 20.2 Å². The summed E-state index contributed by atoms with van der Waals surface area (Å²) in [4.78, 5) is 6.62. The highest BCUT2D eigenvalue weighted by Gasteiger charge is 2.02. The topological polar surface area (TPSA) is 93.6 Å². The van der Waals surface area contributed by atoms with Crippen molar-refractivity contribution in [3.8, 4) is 0 Å². The van der Waals surface area contributed by atoms with Crippen LogP contribution in [0.4, 0.5) is 5.82 Å². The van der Waals surface area contributed by atoms with Gasteiger partial charge in [-0.05, 0) is 12.2 Å². The summed E-state index contributed by atoms with van der Waals surface area (Å²) in [6.07, 6.45) is 1.54. The van der Waals surface area contributed by atoms with Crippen LogP contribution < -0.4 is 0 Å². The quantitative estimate of drug-likeness (QED) is 0.460. The van der Waals surface area contributed by atoms with Gasteiger partial charge in [0.1, 0.15) is 5.65 Å². The Kier molecular flexibility index (Phi) is 1.44. The van der Waals surface area contributed by atoms with Gasteiger partial charge < -0.3 is 4.98 Å². The fourth-order valence-corrected chi connectivity index (χ4v) is 1.12. The molecule has 0 atom stereocenters. The fraction of sp³-hybridized carbons (Fsp3) is 0. The number of hydrogen-bond acceptors (Lipinski definition) is 5. The maximum atomic E-state index is 6.82. The molecule has 2 aromatic rings. The summed E-state index contributed by atoms with van der Waals surface area (Å²) < 4.78 is 0.290. The number of fused-ring (bicyclic) bond motifs is 1. The van der Waals surface area contributed by atoms with Crippen molar-refractivity contribution >= 4 is 29.1 Å². The largest absolute Gasteiger partial charge is 0.315 e. The van der Waals surface area contributed by atoms with Crippen LogP contribution in [0.5, 0.6) is 0 Å². The van der Waals surface area contributed by atoms with Crippen LogP contribution in [0.1, 0.15) is 0 Å². The molecule has 0 saturated carbocycles. The van der Waals surface area contributed by atoms with Gasteiger partial charge >= 0.3 is 0 Å². The monoisotopic (exact) mass is 180 g/mol. The standard InChI is InChI=1S/C5H4N6S/c6-10-3-2-1-7-11-4(2)9-5(12)8-3/h1,6H,(H2,7,8,9,11,12). The normalized spacial score (nSPS) is 10.3. The van der Waals surface area contributed by atoms with E-state index < -0.39 is 0 Å². The van der Waals surface area contributed by atoms with Crippen LogP contribution in [0.25, 0.3) is 11.0 Å². The van der Waals surface area contributed by atoms with Crippen molar-refractivity contribution in [2.45, 2.75) is 0 Å². The molecule has 2 heterocycles. The molecule has 0 aliphatic rings. The molecule has 0 radical (unpaired) electrons. The van der Waals surface area contributed by atoms with Crippen molar-refractivity contribution in [3.05, 3.63) is 11.0 Å². The molecule has 0 aliphatic heterocycles. The molecule has 0 bridgehead atoms. The third-order valence-corrected chi connectivity index (χ3v) is 1.62. The Morgan fingerprint density at radius 2 is 2.42 bits per heavy atom. The summed E-state index contributed by atoms with van der Waals surface area (Å²) in [6.45, 7) is 0. The van der Waals surface area contributed by atoms with Gasteiger partial charge in [-0.15, -0.1) is 5.11 Å². The first-order valence-corrected chi connectivity index (χ1v) is 3.53. The highest BCUT2D eigenvalue weighted by Crippen LogP contribution is 2.18. The lowest BCUT2D eigenvalue weighted by Crippen LogP contribution is -1.82. The number of rotatable bonds is 1. The van der Waals surface area contributed by atoms with E-state index in [-0.39, 0.29) is 10.6 Å². The van der Waals surface area contributed by atoms with Crippen molar-refractivity contribution in [1.29, 1.82) is 5.53 Å². The lowest BCUT2D eigenvalue weighted by molar-refractivity contribution is 1.05. The van der Waals surface area contributed by atoms with Gasteiger partial charge in [0, 0.05) is 0 Å². The molecule has 0 unspecified atom stereocenters. The predicted octanol–water partition coefficient (Wildman–Crippen LogP) is 1.68. The van der Waals surface area contributed by atoms with Crippen molar-refractivity contribution < 1.29 is 0 Å². The second-order valence-corrected chi connectivity index (χ2v) is 2.52. The van der Waals surface area contributed by atoms with Gasteiger partial charge in [0.15, 0.2) is 5.82 Å². The van der Waals surface area contributed by atoms with Gasteiger partial charge in [0.25, 0.3) is 0 Å². The first-order valence-electron chi connectivity index (χ1n) is 3.12. The van der Waals surface area contributed by atoms with E-state index in [1.54, 1.807) is 6.20 Å². The molecule has 7 heteroatoms. The second kappa shape index (κ2) is 2.45. The highest BCUT2D eigenvalue weighted by atomic mass is 32.1. The molecule has 6 nitrogen and oxygen atoms in total. The van der Waals surface area contributed by atoms with E-state index in [0.29, 0.717) is 11.0 Å².